The summed E-state index contributed by atoms with van der Waals surface area (Å²) in [7, 11) is 1.54. The van der Waals surface area contributed by atoms with E-state index in [1.807, 2.05) is 6.07 Å². The van der Waals surface area contributed by atoms with Gasteiger partial charge in [0, 0.05) is 26.4 Å². The molecule has 1 aromatic carbocycles. The molecule has 0 unspecified atom stereocenters. The van der Waals surface area contributed by atoms with Crippen LogP contribution in [0.5, 0.6) is 0 Å². The molecule has 0 bridgehead atoms. The van der Waals surface area contributed by atoms with Crippen LogP contribution >= 0.6 is 0 Å². The maximum absolute atomic E-state index is 12.0. The average molecular weight is 347 g/mol. The van der Waals surface area contributed by atoms with Crippen molar-refractivity contribution < 1.29 is 24.3 Å². The Balaban J connectivity index is 1.80. The van der Waals surface area contributed by atoms with Crippen LogP contribution in [0.15, 0.2) is 30.3 Å². The molecule has 8 heteroatoms. The van der Waals surface area contributed by atoms with Gasteiger partial charge in [0.05, 0.1) is 0 Å². The Hall–Kier alpha value is -2.90. The third kappa shape index (κ3) is 5.03. The molecule has 1 aliphatic rings. The van der Waals surface area contributed by atoms with Gasteiger partial charge in [-0.15, -0.1) is 0 Å². The van der Waals surface area contributed by atoms with Gasteiger partial charge in [-0.3, -0.25) is 14.5 Å². The minimum Gasteiger partial charge on any atom is -0.480 e. The van der Waals surface area contributed by atoms with Crippen LogP contribution in [0.4, 0.5) is 4.79 Å². The van der Waals surface area contributed by atoms with Crippen LogP contribution in [0.2, 0.25) is 0 Å². The molecule has 4 amide bonds. The smallest absolute Gasteiger partial charge is 0.326 e. The Kier molecular flexibility index (Phi) is 6.10. The van der Waals surface area contributed by atoms with E-state index >= 15 is 0 Å². The lowest BCUT2D eigenvalue weighted by Gasteiger charge is -2.16. The first kappa shape index (κ1) is 18.4. The summed E-state index contributed by atoms with van der Waals surface area (Å²) in [6.07, 6.45) is 0.518. The summed E-state index contributed by atoms with van der Waals surface area (Å²) in [5, 5.41) is 11.7. The molecule has 0 aromatic heterocycles. The second kappa shape index (κ2) is 8.27. The molecule has 25 heavy (non-hydrogen) atoms. The molecule has 0 aliphatic carbocycles. The Morgan fingerprint density at radius 3 is 2.48 bits per heavy atom. The summed E-state index contributed by atoms with van der Waals surface area (Å²) in [5.74, 6) is -1.82. The van der Waals surface area contributed by atoms with E-state index in [9.17, 15) is 24.3 Å². The first-order chi connectivity index (χ1) is 11.9. The van der Waals surface area contributed by atoms with Gasteiger partial charge in [0.1, 0.15) is 12.6 Å². The van der Waals surface area contributed by atoms with E-state index in [1.54, 1.807) is 24.3 Å². The van der Waals surface area contributed by atoms with Crippen molar-refractivity contribution in [2.45, 2.75) is 25.3 Å². The Morgan fingerprint density at radius 1 is 1.24 bits per heavy atom. The van der Waals surface area contributed by atoms with Crippen molar-refractivity contribution in [3.63, 3.8) is 0 Å². The van der Waals surface area contributed by atoms with Crippen LogP contribution in [0.25, 0.3) is 0 Å². The second-order valence-corrected chi connectivity index (χ2v) is 5.94. The van der Waals surface area contributed by atoms with Gasteiger partial charge in [-0.1, -0.05) is 30.3 Å². The number of carboxylic acid groups (broad SMARTS) is 1. The standard InChI is InChI=1S/C17H21N3O5/c1-19-11-15(22)20(17(19)25)9-5-8-14(21)18-13(16(23)24)10-12-6-3-2-4-7-12/h2-4,6-7,13H,5,8-11H2,1H3,(H,18,21)(H,23,24)/t13-/m0/s1. The molecule has 2 N–H and O–H groups in total. The van der Waals surface area contributed by atoms with E-state index in [-0.39, 0.29) is 44.3 Å². The molecular weight excluding hydrogens is 326 g/mol. The molecule has 1 atom stereocenters. The van der Waals surface area contributed by atoms with Crippen LogP contribution in [-0.4, -0.2) is 64.9 Å². The van der Waals surface area contributed by atoms with E-state index in [2.05, 4.69) is 5.32 Å². The van der Waals surface area contributed by atoms with Crippen molar-refractivity contribution in [2.24, 2.45) is 0 Å². The number of aliphatic carboxylic acids is 1. The fraction of sp³-hybridized carbons (Fsp3) is 0.412. The van der Waals surface area contributed by atoms with Gasteiger partial charge >= 0.3 is 12.0 Å². The minimum absolute atomic E-state index is 0.0410. The number of carbonyl (C=O) groups excluding carboxylic acids is 3. The molecule has 1 fully saturated rings. The van der Waals surface area contributed by atoms with E-state index < -0.39 is 17.9 Å². The van der Waals surface area contributed by atoms with Crippen molar-refractivity contribution in [3.05, 3.63) is 35.9 Å². The lowest BCUT2D eigenvalue weighted by atomic mass is 10.1. The maximum atomic E-state index is 12.0. The van der Waals surface area contributed by atoms with E-state index in [0.29, 0.717) is 0 Å². The van der Waals surface area contributed by atoms with Crippen LogP contribution in [0.3, 0.4) is 0 Å². The van der Waals surface area contributed by atoms with Gasteiger partial charge in [0.25, 0.3) is 0 Å². The fourth-order valence-electron chi connectivity index (χ4n) is 2.60. The number of carboxylic acids is 1. The topological polar surface area (TPSA) is 107 Å². The summed E-state index contributed by atoms with van der Waals surface area (Å²) in [4.78, 5) is 49.1. The van der Waals surface area contributed by atoms with E-state index in [4.69, 9.17) is 0 Å². The van der Waals surface area contributed by atoms with Gasteiger partial charge in [0.2, 0.25) is 11.8 Å². The predicted octanol–water partition coefficient (Wildman–Crippen LogP) is 0.473. The molecule has 1 aliphatic heterocycles. The first-order valence-corrected chi connectivity index (χ1v) is 8.00. The highest BCUT2D eigenvalue weighted by Gasteiger charge is 2.33. The summed E-state index contributed by atoms with van der Waals surface area (Å²) in [6.45, 7) is 0.190. The number of nitrogens with zero attached hydrogens (tertiary/aromatic N) is 2. The lowest BCUT2D eigenvalue weighted by molar-refractivity contribution is -0.141. The molecule has 8 nitrogen and oxygen atoms in total. The number of imide groups is 1. The van der Waals surface area contributed by atoms with Gasteiger partial charge in [-0.25, -0.2) is 9.59 Å². The van der Waals surface area contributed by atoms with Crippen molar-refractivity contribution in [1.29, 1.82) is 0 Å². The Bertz CT molecular complexity index is 662. The third-order valence-corrected chi connectivity index (χ3v) is 3.93. The number of rotatable bonds is 8. The van der Waals surface area contributed by atoms with Gasteiger partial charge in [0.15, 0.2) is 0 Å². The van der Waals surface area contributed by atoms with Crippen molar-refractivity contribution in [2.75, 3.05) is 20.1 Å². The number of urea groups is 1. The number of benzene rings is 1. The van der Waals surface area contributed by atoms with Gasteiger partial charge < -0.3 is 15.3 Å². The minimum atomic E-state index is -1.11. The second-order valence-electron chi connectivity index (χ2n) is 5.94. The highest BCUT2D eigenvalue weighted by Crippen LogP contribution is 2.09. The number of hydrogen-bond acceptors (Lipinski definition) is 4. The van der Waals surface area contributed by atoms with Gasteiger partial charge in [-0.2, -0.15) is 0 Å². The summed E-state index contributed by atoms with van der Waals surface area (Å²) in [6, 6.07) is 7.63. The van der Waals surface area contributed by atoms with Gasteiger partial charge in [-0.05, 0) is 12.0 Å². The predicted molar refractivity (Wildman–Crippen MR) is 88.7 cm³/mol. The molecule has 0 saturated carbocycles. The summed E-state index contributed by atoms with van der Waals surface area (Å²) >= 11 is 0. The number of hydrogen-bond donors (Lipinski definition) is 2. The molecule has 1 aromatic rings. The highest BCUT2D eigenvalue weighted by molar-refractivity contribution is 6.01. The van der Waals surface area contributed by atoms with Crippen molar-refractivity contribution in [1.82, 2.24) is 15.1 Å². The largest absolute Gasteiger partial charge is 0.480 e. The number of likely N-dealkylation sites (N-methyl/N-ethyl adjacent to an activating group) is 1. The third-order valence-electron chi connectivity index (χ3n) is 3.93. The van der Waals surface area contributed by atoms with Crippen LogP contribution in [0, 0.1) is 0 Å². The number of amides is 4. The molecular formula is C17H21N3O5. The quantitative estimate of drug-likeness (QED) is 0.665. The molecule has 0 spiro atoms. The van der Waals surface area contributed by atoms with E-state index in [1.165, 1.54) is 11.9 Å². The number of carbonyl (C=O) groups is 4. The normalized spacial score (nSPS) is 15.4. The average Bonchev–Trinajstić information content (AvgIpc) is 2.81. The number of nitrogens with one attached hydrogen (secondary N) is 1. The van der Waals surface area contributed by atoms with E-state index in [0.717, 1.165) is 10.5 Å². The van der Waals surface area contributed by atoms with Crippen LogP contribution in [-0.2, 0) is 20.8 Å². The van der Waals surface area contributed by atoms with Crippen molar-refractivity contribution >= 4 is 23.8 Å². The highest BCUT2D eigenvalue weighted by atomic mass is 16.4. The van der Waals surface area contributed by atoms with Crippen molar-refractivity contribution in [3.8, 4) is 0 Å². The van der Waals surface area contributed by atoms with Crippen LogP contribution in [0.1, 0.15) is 18.4 Å². The Morgan fingerprint density at radius 2 is 1.92 bits per heavy atom. The Labute approximate surface area is 145 Å². The molecule has 1 saturated heterocycles. The van der Waals surface area contributed by atoms with Crippen LogP contribution < -0.4 is 5.32 Å². The first-order valence-electron chi connectivity index (χ1n) is 8.00. The summed E-state index contributed by atoms with van der Waals surface area (Å²) in [5.41, 5.74) is 0.812. The zero-order valence-electron chi connectivity index (χ0n) is 14.0. The molecule has 2 rings (SSSR count). The molecule has 1 heterocycles. The monoisotopic (exact) mass is 347 g/mol. The zero-order valence-corrected chi connectivity index (χ0v) is 14.0. The molecule has 0 radical (unpaired) electrons. The summed E-state index contributed by atoms with van der Waals surface area (Å²) < 4.78 is 0. The fourth-order valence-corrected chi connectivity index (χ4v) is 2.60. The lowest BCUT2D eigenvalue weighted by Crippen LogP contribution is -2.42. The maximum Gasteiger partial charge on any atom is 0.326 e. The SMILES string of the molecule is CN1CC(=O)N(CCCC(=O)N[C@@H](Cc2ccccc2)C(=O)O)C1=O. The zero-order chi connectivity index (χ0) is 18.4. The molecule has 134 valence electrons.